The van der Waals surface area contributed by atoms with E-state index in [4.69, 9.17) is 9.47 Å². The van der Waals surface area contributed by atoms with E-state index in [9.17, 15) is 40.2 Å². The lowest BCUT2D eigenvalue weighted by Crippen LogP contribution is -2.22. The topological polar surface area (TPSA) is 174 Å². The molecule has 0 heterocycles. The van der Waals surface area contributed by atoms with E-state index in [2.05, 4.69) is 38.1 Å². The van der Waals surface area contributed by atoms with Crippen LogP contribution in [-0.2, 0) is 18.6 Å². The minimum absolute atomic E-state index is 0.145. The van der Waals surface area contributed by atoms with Crippen molar-refractivity contribution in [3.05, 3.63) is 244 Å². The van der Waals surface area contributed by atoms with Crippen molar-refractivity contribution in [3.63, 3.8) is 0 Å². The summed E-state index contributed by atoms with van der Waals surface area (Å²) >= 11 is 0. The summed E-state index contributed by atoms with van der Waals surface area (Å²) in [6, 6.07) is 37.3. The maximum absolute atomic E-state index is 11.8. The Labute approximate surface area is 451 Å². The highest BCUT2D eigenvalue weighted by molar-refractivity contribution is 5.88. The van der Waals surface area contributed by atoms with E-state index in [1.807, 2.05) is 93.5 Å². The summed E-state index contributed by atoms with van der Waals surface area (Å²) < 4.78 is 13.9. The van der Waals surface area contributed by atoms with Gasteiger partial charge in [-0.3, -0.25) is 0 Å². The van der Waals surface area contributed by atoms with Crippen molar-refractivity contribution < 1.29 is 49.7 Å². The molecular weight excluding hydrogens is 965 g/mol. The fraction of sp³-hybridized carbons (Fsp3) is 0.254. The van der Waals surface area contributed by atoms with Crippen LogP contribution in [-0.4, -0.2) is 42.6 Å². The Morgan fingerprint density at radius 2 is 0.649 bits per heavy atom. The highest BCUT2D eigenvalue weighted by Crippen LogP contribution is 2.49. The first-order valence-corrected chi connectivity index (χ1v) is 25.7. The molecule has 0 atom stereocenters. The van der Waals surface area contributed by atoms with E-state index in [0.29, 0.717) is 33.8 Å². The summed E-state index contributed by atoms with van der Waals surface area (Å²) in [4.78, 5) is 23.6. The number of aromatic hydroxyl groups is 4. The average Bonchev–Trinajstić information content (AvgIpc) is 3.44. The number of aryl methyl sites for hydroxylation is 10. The van der Waals surface area contributed by atoms with Crippen molar-refractivity contribution in [3.8, 4) is 34.5 Å². The quantitative estimate of drug-likeness (QED) is 0.0511. The number of carboxylic acid groups (broad SMARTS) is 2. The van der Waals surface area contributed by atoms with Crippen LogP contribution < -0.4 is 9.47 Å². The van der Waals surface area contributed by atoms with Crippen molar-refractivity contribution in [2.24, 2.45) is 0 Å². The van der Waals surface area contributed by atoms with Crippen LogP contribution >= 0.6 is 0 Å². The van der Waals surface area contributed by atoms with Gasteiger partial charge in [0.25, 0.3) is 0 Å². The van der Waals surface area contributed by atoms with Gasteiger partial charge in [-0.2, -0.15) is 0 Å². The monoisotopic (exact) mass is 1030 g/mol. The minimum atomic E-state index is -1.02. The summed E-state index contributed by atoms with van der Waals surface area (Å²) in [7, 11) is 0. The van der Waals surface area contributed by atoms with Gasteiger partial charge in [0.15, 0.2) is 0 Å². The maximum Gasteiger partial charge on any atom is 0.335 e. The molecule has 0 aromatic heterocycles. The van der Waals surface area contributed by atoms with E-state index in [0.717, 1.165) is 89.0 Å². The van der Waals surface area contributed by atoms with Crippen LogP contribution in [0.3, 0.4) is 0 Å². The predicted molar refractivity (Wildman–Crippen MR) is 302 cm³/mol. The fourth-order valence-corrected chi connectivity index (χ4v) is 10.7. The average molecular weight is 1030 g/mol. The zero-order valence-corrected chi connectivity index (χ0v) is 45.9. The molecule has 8 aromatic rings. The molecule has 0 aliphatic carbocycles. The van der Waals surface area contributed by atoms with Crippen LogP contribution in [0.25, 0.3) is 0 Å². The van der Waals surface area contributed by atoms with Gasteiger partial charge in [-0.05, 0) is 218 Å². The smallest absolute Gasteiger partial charge is 0.335 e. The second kappa shape index (κ2) is 21.6. The molecule has 0 bridgehead atoms. The lowest BCUT2D eigenvalue weighted by molar-refractivity contribution is 0.0686. The van der Waals surface area contributed by atoms with Gasteiger partial charge in [-0.15, -0.1) is 0 Å². The number of aromatic carboxylic acids is 2. The Morgan fingerprint density at radius 1 is 0.377 bits per heavy atom. The van der Waals surface area contributed by atoms with E-state index < -0.39 is 29.2 Å². The molecule has 0 unspecified atom stereocenters. The zero-order chi connectivity index (χ0) is 55.9. The molecule has 6 N–H and O–H groups in total. The van der Waals surface area contributed by atoms with Crippen molar-refractivity contribution in [1.29, 1.82) is 0 Å². The first-order chi connectivity index (χ1) is 36.3. The molecular formula is C67H68O10. The normalized spacial score (nSPS) is 11.6. The molecule has 77 heavy (non-hydrogen) atoms. The van der Waals surface area contributed by atoms with Crippen LogP contribution in [0, 0.1) is 69.2 Å². The largest absolute Gasteiger partial charge is 0.508 e. The summed E-state index contributed by atoms with van der Waals surface area (Å²) in [5, 5.41) is 63.4. The van der Waals surface area contributed by atoms with E-state index in [1.54, 1.807) is 72.8 Å². The van der Waals surface area contributed by atoms with Crippen molar-refractivity contribution in [2.75, 3.05) is 0 Å². The van der Waals surface area contributed by atoms with Gasteiger partial charge in [0.1, 0.15) is 47.7 Å². The summed E-state index contributed by atoms with van der Waals surface area (Å²) in [6.45, 7) is 24.2. The van der Waals surface area contributed by atoms with Gasteiger partial charge in [0.05, 0.1) is 11.1 Å². The molecule has 0 saturated carbocycles. The molecule has 10 nitrogen and oxygen atoms in total. The summed E-state index contributed by atoms with van der Waals surface area (Å²) in [6.07, 6.45) is 0. The number of phenols is 4. The van der Waals surface area contributed by atoms with Gasteiger partial charge >= 0.3 is 11.9 Å². The van der Waals surface area contributed by atoms with Gasteiger partial charge in [-0.25, -0.2) is 9.59 Å². The summed E-state index contributed by atoms with van der Waals surface area (Å²) in [5.74, 6) is -0.960. The van der Waals surface area contributed by atoms with Crippen LogP contribution in [0.5, 0.6) is 34.5 Å². The van der Waals surface area contributed by atoms with Gasteiger partial charge in [0, 0.05) is 28.4 Å². The molecule has 0 aliphatic rings. The molecule has 0 saturated heterocycles. The zero-order valence-electron chi connectivity index (χ0n) is 45.9. The number of carbonyl (C=O) groups is 2. The molecule has 8 aromatic carbocycles. The van der Waals surface area contributed by atoms with Crippen LogP contribution in [0.4, 0.5) is 0 Å². The number of carboxylic acids is 2. The minimum Gasteiger partial charge on any atom is -0.508 e. The second-order valence-corrected chi connectivity index (χ2v) is 21.5. The van der Waals surface area contributed by atoms with E-state index >= 15 is 0 Å². The first-order valence-electron chi connectivity index (χ1n) is 25.7. The maximum atomic E-state index is 11.8. The van der Waals surface area contributed by atoms with Crippen LogP contribution in [0.15, 0.2) is 121 Å². The van der Waals surface area contributed by atoms with Crippen molar-refractivity contribution >= 4 is 11.9 Å². The third-order valence-electron chi connectivity index (χ3n) is 15.4. The molecule has 0 amide bonds. The number of hydrogen-bond donors (Lipinski definition) is 6. The van der Waals surface area contributed by atoms with Crippen molar-refractivity contribution in [2.45, 2.75) is 114 Å². The molecule has 0 radical (unpaired) electrons. The van der Waals surface area contributed by atoms with Crippen LogP contribution in [0.2, 0.25) is 0 Å². The highest BCUT2D eigenvalue weighted by atomic mass is 16.5. The van der Waals surface area contributed by atoms with Gasteiger partial charge < -0.3 is 40.1 Å². The number of phenolic OH excluding ortho intramolecular Hbond substituents is 4. The Balaban J connectivity index is 1.40. The first kappa shape index (κ1) is 54.8. The van der Waals surface area contributed by atoms with Gasteiger partial charge in [-0.1, -0.05) is 86.6 Å². The fourth-order valence-electron chi connectivity index (χ4n) is 10.7. The lowest BCUT2D eigenvalue weighted by Gasteiger charge is -2.33. The molecule has 0 fully saturated rings. The third-order valence-corrected chi connectivity index (χ3v) is 15.4. The molecule has 0 spiro atoms. The Morgan fingerprint density at radius 3 is 0.909 bits per heavy atom. The highest BCUT2D eigenvalue weighted by Gasteiger charge is 2.34. The van der Waals surface area contributed by atoms with E-state index in [1.165, 1.54) is 0 Å². The van der Waals surface area contributed by atoms with Crippen molar-refractivity contribution in [1.82, 2.24) is 0 Å². The number of hydrogen-bond acceptors (Lipinski definition) is 8. The standard InChI is InChI=1S/C67H68O10/c1-35-27-57(68)39(5)23-51(35)61(52-24-40(6)58(69)28-36(52)2)55-31-49(21-43(9)63(55)76-33-45-13-17-47(18-14-45)65(72)73)67(11,12)50-22-44(10)64(77-34-46-15-19-48(20-16-46)66(74)75)56(32-50)62(53-25-41(7)59(70)29-37(53)3)54-26-42(8)60(71)30-38(54)4/h13-32,61-62,68-71H,33-34H2,1-12H3,(H,72,73)(H,74,75). The SMILES string of the molecule is Cc1cc(C(c2cc(C)c(O)cc2C)c2cc(C(C)(C)c3cc(C)c(OCc4ccc(C(=O)O)cc4)c(C(c4cc(C)c(O)cc4C)c4cc(C)c(O)cc4C)c3)cc(C)c2OCc2ccc(C(=O)O)cc2)c(C)cc1O. The lowest BCUT2D eigenvalue weighted by atomic mass is 9.72. The molecule has 10 heteroatoms. The predicted octanol–water partition coefficient (Wildman–Crippen LogP) is 14.8. The number of rotatable bonds is 16. The summed E-state index contributed by atoms with van der Waals surface area (Å²) in [5.41, 5.74) is 16.6. The Kier molecular flexibility index (Phi) is 15.4. The number of benzene rings is 8. The Bertz CT molecular complexity index is 3250. The second-order valence-electron chi connectivity index (χ2n) is 21.5. The third kappa shape index (κ3) is 11.1. The van der Waals surface area contributed by atoms with Crippen LogP contribution in [0.1, 0.15) is 158 Å². The van der Waals surface area contributed by atoms with E-state index in [-0.39, 0.29) is 47.3 Å². The Hall–Kier alpha value is -8.50. The molecule has 0 aliphatic heterocycles. The van der Waals surface area contributed by atoms with Gasteiger partial charge in [0.2, 0.25) is 0 Å². The molecule has 396 valence electrons. The number of ether oxygens (including phenoxy) is 2. The molecule has 8 rings (SSSR count).